The zero-order valence-corrected chi connectivity index (χ0v) is 19.4. The van der Waals surface area contributed by atoms with Crippen molar-refractivity contribution in [1.82, 2.24) is 9.21 Å². The second-order valence-electron chi connectivity index (χ2n) is 7.71. The number of nitrogens with zero attached hydrogens (tertiary/aromatic N) is 2. The van der Waals surface area contributed by atoms with Gasteiger partial charge in [0, 0.05) is 38.3 Å². The maximum Gasteiger partial charge on any atom is 0.246 e. The smallest absolute Gasteiger partial charge is 0.246 e. The highest BCUT2D eigenvalue weighted by molar-refractivity contribution is 7.89. The summed E-state index contributed by atoms with van der Waals surface area (Å²) in [5.74, 6) is -1.12. The van der Waals surface area contributed by atoms with Crippen molar-refractivity contribution in [2.45, 2.75) is 24.8 Å². The summed E-state index contributed by atoms with van der Waals surface area (Å²) in [5, 5.41) is 0. The number of carbonyl (C=O) groups excluding carboxylic acids is 1. The lowest BCUT2D eigenvalue weighted by atomic mass is 10.2. The van der Waals surface area contributed by atoms with E-state index in [9.17, 15) is 22.0 Å². The van der Waals surface area contributed by atoms with Crippen LogP contribution in [0.3, 0.4) is 0 Å². The number of hydrogen-bond donors (Lipinski definition) is 0. The molecule has 0 unspecified atom stereocenters. The minimum Gasteiger partial charge on any atom is -0.493 e. The van der Waals surface area contributed by atoms with Crippen molar-refractivity contribution in [2.75, 3.05) is 33.3 Å². The van der Waals surface area contributed by atoms with E-state index in [1.807, 2.05) is 13.8 Å². The largest absolute Gasteiger partial charge is 0.493 e. The van der Waals surface area contributed by atoms with Crippen LogP contribution in [0.15, 0.2) is 47.4 Å². The normalized spacial score (nSPS) is 15.3. The van der Waals surface area contributed by atoms with E-state index >= 15 is 0 Å². The molecule has 0 saturated carbocycles. The van der Waals surface area contributed by atoms with Crippen LogP contribution in [0.4, 0.5) is 8.78 Å². The van der Waals surface area contributed by atoms with Crippen molar-refractivity contribution in [2.24, 2.45) is 0 Å². The van der Waals surface area contributed by atoms with Crippen LogP contribution in [0.2, 0.25) is 0 Å². The summed E-state index contributed by atoms with van der Waals surface area (Å²) >= 11 is 0. The second kappa shape index (κ2) is 10.3. The van der Waals surface area contributed by atoms with E-state index in [-0.39, 0.29) is 38.2 Å². The molecule has 178 valence electrons. The molecule has 1 fully saturated rings. The molecule has 0 radical (unpaired) electrons. The Labute approximate surface area is 192 Å². The van der Waals surface area contributed by atoms with Gasteiger partial charge in [-0.15, -0.1) is 0 Å². The summed E-state index contributed by atoms with van der Waals surface area (Å²) in [6.45, 7) is 4.13. The molecule has 2 aromatic rings. The molecule has 1 aliphatic heterocycles. The van der Waals surface area contributed by atoms with Crippen LogP contribution in [0.25, 0.3) is 6.08 Å². The first-order chi connectivity index (χ1) is 15.6. The minimum absolute atomic E-state index is 0.00773. The van der Waals surface area contributed by atoms with Gasteiger partial charge >= 0.3 is 0 Å². The third kappa shape index (κ3) is 5.88. The SMILES string of the molecule is COc1cc(/C=C/C(=O)N2CCN(S(=O)(=O)c3ccc(F)cc3F)CC2)ccc1OC(C)C. The Kier molecular flexibility index (Phi) is 7.70. The van der Waals surface area contributed by atoms with Crippen molar-refractivity contribution >= 4 is 22.0 Å². The summed E-state index contributed by atoms with van der Waals surface area (Å²) in [4.78, 5) is 13.5. The Bertz CT molecular complexity index is 1140. The zero-order chi connectivity index (χ0) is 24.2. The maximum atomic E-state index is 14.0. The fourth-order valence-electron chi connectivity index (χ4n) is 3.38. The molecule has 1 aliphatic rings. The number of rotatable bonds is 7. The monoisotopic (exact) mass is 480 g/mol. The van der Waals surface area contributed by atoms with E-state index in [1.165, 1.54) is 18.1 Å². The molecule has 1 amide bonds. The molecule has 0 atom stereocenters. The van der Waals surface area contributed by atoms with Gasteiger partial charge in [-0.05, 0) is 49.8 Å². The zero-order valence-electron chi connectivity index (χ0n) is 18.6. The number of ether oxygens (including phenoxy) is 2. The molecule has 0 spiro atoms. The predicted molar refractivity (Wildman–Crippen MR) is 119 cm³/mol. The molecular formula is C23H26F2N2O5S. The average molecular weight is 481 g/mol. The fourth-order valence-corrected chi connectivity index (χ4v) is 4.85. The Morgan fingerprint density at radius 1 is 1.03 bits per heavy atom. The van der Waals surface area contributed by atoms with Crippen LogP contribution in [0.1, 0.15) is 19.4 Å². The second-order valence-corrected chi connectivity index (χ2v) is 9.62. The molecule has 0 N–H and O–H groups in total. The van der Waals surface area contributed by atoms with Crippen molar-refractivity contribution < 1.29 is 31.5 Å². The topological polar surface area (TPSA) is 76.2 Å². The highest BCUT2D eigenvalue weighted by Crippen LogP contribution is 2.29. The average Bonchev–Trinajstić information content (AvgIpc) is 2.77. The van der Waals surface area contributed by atoms with Gasteiger partial charge in [0.25, 0.3) is 0 Å². The van der Waals surface area contributed by atoms with Crippen LogP contribution in [-0.2, 0) is 14.8 Å². The maximum absolute atomic E-state index is 14.0. The first-order valence-corrected chi connectivity index (χ1v) is 11.8. The summed E-state index contributed by atoms with van der Waals surface area (Å²) < 4.78 is 64.6. The minimum atomic E-state index is -4.12. The summed E-state index contributed by atoms with van der Waals surface area (Å²) in [6, 6.07) is 7.66. The van der Waals surface area contributed by atoms with Crippen LogP contribution < -0.4 is 9.47 Å². The molecule has 33 heavy (non-hydrogen) atoms. The molecule has 0 aliphatic carbocycles. The number of methoxy groups -OCH3 is 1. The quantitative estimate of drug-likeness (QED) is 0.569. The molecule has 10 heteroatoms. The molecule has 0 aromatic heterocycles. The number of hydrogen-bond acceptors (Lipinski definition) is 5. The van der Waals surface area contributed by atoms with Crippen molar-refractivity contribution in [3.8, 4) is 11.5 Å². The van der Waals surface area contributed by atoms with E-state index in [0.717, 1.165) is 22.0 Å². The van der Waals surface area contributed by atoms with Crippen LogP contribution >= 0.6 is 0 Å². The van der Waals surface area contributed by atoms with Gasteiger partial charge < -0.3 is 14.4 Å². The number of amides is 1. The molecule has 0 bridgehead atoms. The van der Waals surface area contributed by atoms with Crippen molar-refractivity contribution in [3.05, 3.63) is 59.7 Å². The first kappa shape index (κ1) is 24.7. The van der Waals surface area contributed by atoms with Crippen molar-refractivity contribution in [1.29, 1.82) is 0 Å². The molecule has 3 rings (SSSR count). The summed E-state index contributed by atoms with van der Waals surface area (Å²) in [7, 11) is -2.59. The first-order valence-electron chi connectivity index (χ1n) is 10.4. The number of halogens is 2. The summed E-state index contributed by atoms with van der Waals surface area (Å²) in [6.07, 6.45) is 3.03. The van der Waals surface area contributed by atoms with Gasteiger partial charge in [-0.2, -0.15) is 4.31 Å². The number of piperazine rings is 1. The Hall–Kier alpha value is -2.98. The standard InChI is InChI=1S/C23H26F2N2O5S/c1-16(2)32-20-7-4-17(14-21(20)31-3)5-9-23(28)26-10-12-27(13-11-26)33(29,30)22-8-6-18(24)15-19(22)25/h4-9,14-16H,10-13H2,1-3H3/b9-5+. The van der Waals surface area contributed by atoms with E-state index in [2.05, 4.69) is 0 Å². The third-order valence-corrected chi connectivity index (χ3v) is 6.96. The molecular weight excluding hydrogens is 454 g/mol. The highest BCUT2D eigenvalue weighted by Gasteiger charge is 2.31. The highest BCUT2D eigenvalue weighted by atomic mass is 32.2. The molecule has 1 saturated heterocycles. The molecule has 7 nitrogen and oxygen atoms in total. The predicted octanol–water partition coefficient (Wildman–Crippen LogP) is 3.31. The van der Waals surface area contributed by atoms with E-state index in [0.29, 0.717) is 17.6 Å². The lowest BCUT2D eigenvalue weighted by molar-refractivity contribution is -0.127. The lowest BCUT2D eigenvalue weighted by Crippen LogP contribution is -2.50. The number of carbonyl (C=O) groups is 1. The number of benzene rings is 2. The van der Waals surface area contributed by atoms with Gasteiger partial charge in [-0.1, -0.05) is 6.07 Å². The number of sulfonamides is 1. The van der Waals surface area contributed by atoms with Crippen LogP contribution in [0.5, 0.6) is 11.5 Å². The van der Waals surface area contributed by atoms with E-state index < -0.39 is 26.6 Å². The summed E-state index contributed by atoms with van der Waals surface area (Å²) in [5.41, 5.74) is 0.740. The van der Waals surface area contributed by atoms with Crippen LogP contribution in [-0.4, -0.2) is 62.9 Å². The lowest BCUT2D eigenvalue weighted by Gasteiger charge is -2.33. The molecule has 2 aromatic carbocycles. The fraction of sp³-hybridized carbons (Fsp3) is 0.348. The van der Waals surface area contributed by atoms with Gasteiger partial charge in [0.05, 0.1) is 13.2 Å². The van der Waals surface area contributed by atoms with Crippen molar-refractivity contribution in [3.63, 3.8) is 0 Å². The van der Waals surface area contributed by atoms with E-state index in [1.54, 1.807) is 24.3 Å². The Balaban J connectivity index is 1.63. The van der Waals surface area contributed by atoms with E-state index in [4.69, 9.17) is 9.47 Å². The molecule has 1 heterocycles. The van der Waals surface area contributed by atoms with Gasteiger partial charge in [-0.3, -0.25) is 4.79 Å². The third-order valence-electron chi connectivity index (χ3n) is 5.03. The van der Waals surface area contributed by atoms with Crippen LogP contribution in [0, 0.1) is 11.6 Å². The van der Waals surface area contributed by atoms with Gasteiger partial charge in [0.15, 0.2) is 11.5 Å². The van der Waals surface area contributed by atoms with Gasteiger partial charge in [-0.25, -0.2) is 17.2 Å². The Morgan fingerprint density at radius 3 is 2.33 bits per heavy atom. The van der Waals surface area contributed by atoms with Gasteiger partial charge in [0.1, 0.15) is 16.5 Å². The Morgan fingerprint density at radius 2 is 1.73 bits per heavy atom. The van der Waals surface area contributed by atoms with Gasteiger partial charge in [0.2, 0.25) is 15.9 Å².